The third-order valence-electron chi connectivity index (χ3n) is 6.15. The van der Waals surface area contributed by atoms with Crippen LogP contribution < -0.4 is 27.0 Å². The van der Waals surface area contributed by atoms with Crippen molar-refractivity contribution in [1.29, 1.82) is 0 Å². The summed E-state index contributed by atoms with van der Waals surface area (Å²) in [5.41, 5.74) is 7.78. The Labute approximate surface area is 240 Å². The van der Waals surface area contributed by atoms with E-state index in [9.17, 15) is 9.18 Å². The number of anilines is 3. The molecule has 1 heterocycles. The Morgan fingerprint density at radius 2 is 1.34 bits per heavy atom. The van der Waals surface area contributed by atoms with Crippen molar-refractivity contribution in [3.8, 4) is 0 Å². The van der Waals surface area contributed by atoms with Crippen molar-refractivity contribution in [3.63, 3.8) is 0 Å². The Morgan fingerprint density at radius 3 is 1.90 bits per heavy atom. The lowest BCUT2D eigenvalue weighted by Crippen LogP contribution is -2.27. The van der Waals surface area contributed by atoms with E-state index in [1.807, 2.05) is 12.1 Å². The molecule has 0 radical (unpaired) electrons. The molecule has 3 rings (SSSR count). The predicted molar refractivity (Wildman–Crippen MR) is 158 cm³/mol. The van der Waals surface area contributed by atoms with E-state index in [1.54, 1.807) is 24.3 Å². The van der Waals surface area contributed by atoms with Gasteiger partial charge in [0, 0.05) is 37.8 Å². The highest BCUT2D eigenvalue weighted by atomic mass is 19.1. The summed E-state index contributed by atoms with van der Waals surface area (Å²) in [5.74, 6) is 0.831. The maximum absolute atomic E-state index is 13.2. The van der Waals surface area contributed by atoms with Crippen LogP contribution in [0.4, 0.5) is 22.2 Å². The lowest BCUT2D eigenvalue weighted by molar-refractivity contribution is 0.0511. The van der Waals surface area contributed by atoms with E-state index in [2.05, 4.69) is 50.1 Å². The fourth-order valence-electron chi connectivity index (χ4n) is 3.76. The molecule has 12 heteroatoms. The smallest absolute Gasteiger partial charge is 0.251 e. The van der Waals surface area contributed by atoms with Crippen LogP contribution in [-0.4, -0.2) is 66.4 Å². The van der Waals surface area contributed by atoms with Crippen LogP contribution in [0.2, 0.25) is 0 Å². The summed E-state index contributed by atoms with van der Waals surface area (Å²) in [6.07, 6.45) is 1.86. The molecule has 0 bridgehead atoms. The van der Waals surface area contributed by atoms with E-state index in [1.165, 1.54) is 12.1 Å². The number of nitrogens with two attached hydrogens (primary N) is 1. The monoisotopic (exact) mass is 568 g/mol. The van der Waals surface area contributed by atoms with E-state index in [0.29, 0.717) is 76.0 Å². The summed E-state index contributed by atoms with van der Waals surface area (Å²) >= 11 is 0. The summed E-state index contributed by atoms with van der Waals surface area (Å²) in [6, 6.07) is 13.8. The Balaban J connectivity index is 1.54. The molecule has 0 spiro atoms. The van der Waals surface area contributed by atoms with Gasteiger partial charge in [-0.2, -0.15) is 15.0 Å². The van der Waals surface area contributed by atoms with Gasteiger partial charge in [-0.25, -0.2) is 4.39 Å². The van der Waals surface area contributed by atoms with Crippen molar-refractivity contribution >= 4 is 23.8 Å². The molecule has 1 amide bonds. The first-order valence-electron chi connectivity index (χ1n) is 14.0. The number of halogens is 1. The molecule has 0 saturated carbocycles. The van der Waals surface area contributed by atoms with E-state index in [4.69, 9.17) is 15.2 Å². The van der Waals surface area contributed by atoms with Gasteiger partial charge in [-0.15, -0.1) is 0 Å². The topological polar surface area (TPSA) is 148 Å². The molecule has 2 aromatic carbocycles. The van der Waals surface area contributed by atoms with Crippen LogP contribution in [0.1, 0.15) is 48.2 Å². The summed E-state index contributed by atoms with van der Waals surface area (Å²) in [5, 5.41) is 12.6. The normalized spacial score (nSPS) is 11.0. The fourth-order valence-corrected chi connectivity index (χ4v) is 3.76. The van der Waals surface area contributed by atoms with Crippen LogP contribution in [0.25, 0.3) is 0 Å². The number of ether oxygens (including phenoxy) is 2. The number of carbonyl (C=O) groups is 1. The average molecular weight is 569 g/mol. The predicted octanol–water partition coefficient (Wildman–Crippen LogP) is 3.56. The van der Waals surface area contributed by atoms with Crippen molar-refractivity contribution in [3.05, 3.63) is 71.0 Å². The minimum atomic E-state index is -0.281. The largest absolute Gasteiger partial charge is 0.378 e. The third-order valence-corrected chi connectivity index (χ3v) is 6.15. The highest BCUT2D eigenvalue weighted by Gasteiger charge is 2.11. The van der Waals surface area contributed by atoms with E-state index >= 15 is 0 Å². The lowest BCUT2D eigenvalue weighted by atomic mass is 10.1. The molecule has 0 atom stereocenters. The zero-order valence-electron chi connectivity index (χ0n) is 23.8. The van der Waals surface area contributed by atoms with Crippen LogP contribution in [0.15, 0.2) is 48.5 Å². The van der Waals surface area contributed by atoms with Gasteiger partial charge in [-0.1, -0.05) is 38.1 Å². The van der Waals surface area contributed by atoms with Crippen molar-refractivity contribution in [2.24, 2.45) is 5.73 Å². The molecule has 0 aliphatic rings. The van der Waals surface area contributed by atoms with Crippen LogP contribution in [0.5, 0.6) is 0 Å². The number of carbonyl (C=O) groups excluding carboxylic acids is 1. The number of nitrogens with zero attached hydrogens (tertiary/aromatic N) is 3. The molecule has 11 nitrogen and oxygen atoms in total. The molecular weight excluding hydrogens is 527 g/mol. The molecule has 0 saturated heterocycles. The van der Waals surface area contributed by atoms with E-state index in [0.717, 1.165) is 24.0 Å². The zero-order chi connectivity index (χ0) is 29.3. The number of benzene rings is 2. The molecule has 6 N–H and O–H groups in total. The Kier molecular flexibility index (Phi) is 13.7. The third kappa shape index (κ3) is 11.6. The number of amides is 1. The van der Waals surface area contributed by atoms with E-state index < -0.39 is 0 Å². The lowest BCUT2D eigenvalue weighted by Gasteiger charge is -2.16. The molecule has 1 aromatic heterocycles. The van der Waals surface area contributed by atoms with E-state index in [-0.39, 0.29) is 17.8 Å². The standard InChI is InChI=1S/C29H41FN8O3/c1-3-25(4-2)35-29-37-27(36-28(38-29)34-20-22-7-11-24(30)12-8-22)33-19-21-5-9-23(10-6-21)26(39)32-14-16-41-18-17-40-15-13-31/h5-12,25H,3-4,13-20,31H2,1-2H3,(H,32,39)(H3,33,34,35,36,37,38). The second-order valence-electron chi connectivity index (χ2n) is 9.26. The average Bonchev–Trinajstić information content (AvgIpc) is 3.00. The van der Waals surface area contributed by atoms with Gasteiger partial charge in [0.05, 0.1) is 26.4 Å². The van der Waals surface area contributed by atoms with Crippen LogP contribution in [-0.2, 0) is 22.6 Å². The number of rotatable bonds is 19. The highest BCUT2D eigenvalue weighted by molar-refractivity contribution is 5.94. The quantitative estimate of drug-likeness (QED) is 0.136. The molecule has 0 aliphatic heterocycles. The Bertz CT molecular complexity index is 1180. The van der Waals surface area contributed by atoms with Crippen molar-refractivity contribution in [2.75, 3.05) is 55.5 Å². The van der Waals surface area contributed by atoms with Crippen molar-refractivity contribution in [1.82, 2.24) is 20.3 Å². The van der Waals surface area contributed by atoms with Crippen molar-refractivity contribution in [2.45, 2.75) is 45.8 Å². The number of hydrogen-bond acceptors (Lipinski definition) is 10. The Hall–Kier alpha value is -3.87. The molecule has 3 aromatic rings. The minimum Gasteiger partial charge on any atom is -0.378 e. The van der Waals surface area contributed by atoms with Gasteiger partial charge >= 0.3 is 0 Å². The van der Waals surface area contributed by atoms with Crippen LogP contribution >= 0.6 is 0 Å². The second-order valence-corrected chi connectivity index (χ2v) is 9.26. The van der Waals surface area contributed by atoms with Gasteiger partial charge in [-0.3, -0.25) is 4.79 Å². The van der Waals surface area contributed by atoms with Gasteiger partial charge in [-0.05, 0) is 48.2 Å². The summed E-state index contributed by atoms with van der Waals surface area (Å²) in [6.45, 7) is 7.84. The van der Waals surface area contributed by atoms with Crippen LogP contribution in [0, 0.1) is 5.82 Å². The maximum Gasteiger partial charge on any atom is 0.251 e. The maximum atomic E-state index is 13.2. The fraction of sp³-hybridized carbons (Fsp3) is 0.448. The molecule has 0 unspecified atom stereocenters. The zero-order valence-corrected chi connectivity index (χ0v) is 23.8. The van der Waals surface area contributed by atoms with Gasteiger partial charge in [0.15, 0.2) is 0 Å². The van der Waals surface area contributed by atoms with Gasteiger partial charge in [0.2, 0.25) is 17.8 Å². The van der Waals surface area contributed by atoms with Gasteiger partial charge in [0.1, 0.15) is 5.82 Å². The SMILES string of the molecule is CCC(CC)Nc1nc(NCc2ccc(F)cc2)nc(NCc2ccc(C(=O)NCCOCCOCCN)cc2)n1. The molecule has 0 fully saturated rings. The molecule has 222 valence electrons. The first kappa shape index (κ1) is 31.7. The Morgan fingerprint density at radius 1 is 0.805 bits per heavy atom. The molecular formula is C29H41FN8O3. The first-order chi connectivity index (χ1) is 20.0. The highest BCUT2D eigenvalue weighted by Crippen LogP contribution is 2.15. The summed E-state index contributed by atoms with van der Waals surface area (Å²) < 4.78 is 23.9. The minimum absolute atomic E-state index is 0.168. The number of aromatic nitrogens is 3. The van der Waals surface area contributed by atoms with Gasteiger partial charge in [0.25, 0.3) is 5.91 Å². The summed E-state index contributed by atoms with van der Waals surface area (Å²) in [4.78, 5) is 26.0. The van der Waals surface area contributed by atoms with Gasteiger partial charge < -0.3 is 36.5 Å². The summed E-state index contributed by atoms with van der Waals surface area (Å²) in [7, 11) is 0. The first-order valence-corrected chi connectivity index (χ1v) is 14.0. The van der Waals surface area contributed by atoms with Crippen molar-refractivity contribution < 1.29 is 18.7 Å². The number of nitrogens with one attached hydrogen (secondary N) is 4. The molecule has 41 heavy (non-hydrogen) atoms. The number of hydrogen-bond donors (Lipinski definition) is 5. The molecule has 0 aliphatic carbocycles. The van der Waals surface area contributed by atoms with Crippen LogP contribution in [0.3, 0.4) is 0 Å². The second kappa shape index (κ2) is 17.7.